The second kappa shape index (κ2) is 5.01. The number of piperidine rings is 1. The smallest absolute Gasteiger partial charge is 0.165 e. The van der Waals surface area contributed by atoms with Crippen LogP contribution in [0.25, 0.3) is 0 Å². The van der Waals surface area contributed by atoms with Crippen molar-refractivity contribution in [2.45, 2.75) is 49.3 Å². The first kappa shape index (κ1) is 14.6. The van der Waals surface area contributed by atoms with E-state index in [0.717, 1.165) is 43.4 Å². The fraction of sp³-hybridized carbons (Fsp3) is 0.619. The highest BCUT2D eigenvalue weighted by Crippen LogP contribution is 2.61. The van der Waals surface area contributed by atoms with Crippen molar-refractivity contribution in [1.82, 2.24) is 5.32 Å². The van der Waals surface area contributed by atoms with E-state index < -0.39 is 0 Å². The van der Waals surface area contributed by atoms with E-state index >= 15 is 0 Å². The molecule has 1 aromatic rings. The van der Waals surface area contributed by atoms with Crippen LogP contribution in [0.5, 0.6) is 11.5 Å². The molecule has 4 nitrogen and oxygen atoms in total. The predicted octanol–water partition coefficient (Wildman–Crippen LogP) is 2.59. The summed E-state index contributed by atoms with van der Waals surface area (Å²) < 4.78 is 18.6. The van der Waals surface area contributed by atoms with Gasteiger partial charge < -0.3 is 19.5 Å². The van der Waals surface area contributed by atoms with Gasteiger partial charge >= 0.3 is 0 Å². The lowest BCUT2D eigenvalue weighted by Gasteiger charge is -2.54. The van der Waals surface area contributed by atoms with Crippen LogP contribution in [0.3, 0.4) is 0 Å². The summed E-state index contributed by atoms with van der Waals surface area (Å²) in [4.78, 5) is 0. The second-order valence-corrected chi connectivity index (χ2v) is 8.38. The zero-order valence-electron chi connectivity index (χ0n) is 14.7. The average Bonchev–Trinajstić information content (AvgIpc) is 3.39. The number of benzene rings is 1. The topological polar surface area (TPSA) is 39.7 Å². The fourth-order valence-corrected chi connectivity index (χ4v) is 5.78. The van der Waals surface area contributed by atoms with Gasteiger partial charge in [-0.3, -0.25) is 0 Å². The largest absolute Gasteiger partial charge is 0.493 e. The van der Waals surface area contributed by atoms with Gasteiger partial charge in [0.15, 0.2) is 11.5 Å². The maximum Gasteiger partial charge on any atom is 0.165 e. The Morgan fingerprint density at radius 1 is 1.28 bits per heavy atom. The SMILES string of the molecule is COc1ccc2c3c1OC1C(OCC4CC4)C=CC4[C@@H](C2)NCC[C@]314. The highest BCUT2D eigenvalue weighted by Gasteiger charge is 2.63. The highest BCUT2D eigenvalue weighted by molar-refractivity contribution is 5.62. The van der Waals surface area contributed by atoms with E-state index in [1.807, 2.05) is 0 Å². The molecule has 25 heavy (non-hydrogen) atoms. The average molecular weight is 339 g/mol. The minimum Gasteiger partial charge on any atom is -0.493 e. The Labute approximate surface area is 148 Å². The summed E-state index contributed by atoms with van der Waals surface area (Å²) in [6.07, 6.45) is 9.66. The molecule has 1 N–H and O–H groups in total. The molecule has 2 fully saturated rings. The Kier molecular flexibility index (Phi) is 2.93. The lowest BCUT2D eigenvalue weighted by atomic mass is 9.53. The van der Waals surface area contributed by atoms with Crippen LogP contribution in [-0.4, -0.2) is 38.5 Å². The van der Waals surface area contributed by atoms with E-state index in [0.29, 0.717) is 12.0 Å². The molecular formula is C21H25NO3. The summed E-state index contributed by atoms with van der Waals surface area (Å²) in [5.41, 5.74) is 2.91. The number of methoxy groups -OCH3 is 1. The molecule has 0 radical (unpaired) electrons. The molecule has 5 atom stereocenters. The molecule has 4 heteroatoms. The summed E-state index contributed by atoms with van der Waals surface area (Å²) in [7, 11) is 1.74. The normalized spacial score (nSPS) is 39.7. The Bertz CT molecular complexity index is 756. The number of rotatable bonds is 4. The third kappa shape index (κ3) is 1.85. The molecule has 5 aliphatic rings. The predicted molar refractivity (Wildman–Crippen MR) is 94.3 cm³/mol. The molecule has 2 heterocycles. The van der Waals surface area contributed by atoms with Gasteiger partial charge in [0.2, 0.25) is 0 Å². The number of hydrogen-bond donors (Lipinski definition) is 1. The van der Waals surface area contributed by atoms with E-state index in [1.165, 1.54) is 24.0 Å². The zero-order chi connectivity index (χ0) is 16.6. The van der Waals surface area contributed by atoms with Crippen molar-refractivity contribution in [2.24, 2.45) is 11.8 Å². The molecule has 1 aromatic carbocycles. The molecule has 6 rings (SSSR count). The monoisotopic (exact) mass is 339 g/mol. The van der Waals surface area contributed by atoms with E-state index in [9.17, 15) is 0 Å². The lowest BCUT2D eigenvalue weighted by molar-refractivity contribution is -0.0557. The maximum absolute atomic E-state index is 6.64. The van der Waals surface area contributed by atoms with E-state index in [-0.39, 0.29) is 17.6 Å². The first-order chi connectivity index (χ1) is 12.3. The molecule has 0 amide bonds. The quantitative estimate of drug-likeness (QED) is 0.856. The first-order valence-electron chi connectivity index (χ1n) is 9.71. The van der Waals surface area contributed by atoms with Crippen LogP contribution in [0.1, 0.15) is 30.4 Å². The third-order valence-electron chi connectivity index (χ3n) is 7.09. The van der Waals surface area contributed by atoms with Crippen LogP contribution >= 0.6 is 0 Å². The fourth-order valence-electron chi connectivity index (χ4n) is 5.78. The number of hydrogen-bond acceptors (Lipinski definition) is 4. The maximum atomic E-state index is 6.64. The van der Waals surface area contributed by atoms with Crippen LogP contribution in [0.4, 0.5) is 0 Å². The van der Waals surface area contributed by atoms with Crippen LogP contribution < -0.4 is 14.8 Å². The lowest BCUT2D eigenvalue weighted by Crippen LogP contribution is -2.64. The van der Waals surface area contributed by atoms with Gasteiger partial charge in [-0.05, 0) is 49.8 Å². The third-order valence-corrected chi connectivity index (χ3v) is 7.09. The molecule has 2 bridgehead atoms. The van der Waals surface area contributed by atoms with Crippen LogP contribution in [-0.2, 0) is 16.6 Å². The Hall–Kier alpha value is -1.52. The molecule has 1 spiro atoms. The first-order valence-corrected chi connectivity index (χ1v) is 9.71. The summed E-state index contributed by atoms with van der Waals surface area (Å²) in [6, 6.07) is 4.83. The molecule has 1 saturated carbocycles. The summed E-state index contributed by atoms with van der Waals surface area (Å²) in [6.45, 7) is 1.93. The van der Waals surface area contributed by atoms with Crippen molar-refractivity contribution in [3.63, 3.8) is 0 Å². The summed E-state index contributed by atoms with van der Waals surface area (Å²) in [5.74, 6) is 3.12. The Morgan fingerprint density at radius 3 is 3.04 bits per heavy atom. The van der Waals surface area contributed by atoms with Crippen LogP contribution in [0.2, 0.25) is 0 Å². The highest BCUT2D eigenvalue weighted by atomic mass is 16.6. The van der Waals surface area contributed by atoms with Gasteiger partial charge in [-0.1, -0.05) is 18.2 Å². The van der Waals surface area contributed by atoms with Gasteiger partial charge in [0.1, 0.15) is 12.2 Å². The summed E-state index contributed by atoms with van der Waals surface area (Å²) in [5, 5.41) is 3.75. The standard InChI is InChI=1S/C21H25NO3/c1-23-16-6-4-13-10-15-14-5-7-17(24-11-12-2-3-12)20-21(14,8-9-22-15)18(13)19(16)25-20/h4-7,12,14-15,17,20,22H,2-3,8-11H2,1H3/t14?,15-,17?,20?,21+/m1/s1. The Morgan fingerprint density at radius 2 is 2.20 bits per heavy atom. The number of ether oxygens (including phenoxy) is 3. The second-order valence-electron chi connectivity index (χ2n) is 8.38. The van der Waals surface area contributed by atoms with Gasteiger partial charge in [0, 0.05) is 22.9 Å². The Balaban J connectivity index is 1.49. The van der Waals surface area contributed by atoms with Crippen molar-refractivity contribution in [3.05, 3.63) is 35.4 Å². The van der Waals surface area contributed by atoms with Crippen molar-refractivity contribution >= 4 is 0 Å². The molecule has 1 saturated heterocycles. The minimum atomic E-state index is 0.0519. The van der Waals surface area contributed by atoms with E-state index in [2.05, 4.69) is 29.6 Å². The van der Waals surface area contributed by atoms with Gasteiger partial charge in [-0.2, -0.15) is 0 Å². The van der Waals surface area contributed by atoms with Crippen molar-refractivity contribution in [3.8, 4) is 11.5 Å². The van der Waals surface area contributed by atoms with Gasteiger partial charge in [0.05, 0.1) is 13.7 Å². The summed E-state index contributed by atoms with van der Waals surface area (Å²) >= 11 is 0. The van der Waals surface area contributed by atoms with Gasteiger partial charge in [-0.15, -0.1) is 0 Å². The van der Waals surface area contributed by atoms with E-state index in [4.69, 9.17) is 14.2 Å². The van der Waals surface area contributed by atoms with Crippen molar-refractivity contribution in [1.29, 1.82) is 0 Å². The van der Waals surface area contributed by atoms with Crippen molar-refractivity contribution < 1.29 is 14.2 Å². The molecule has 2 aliphatic heterocycles. The molecule has 0 aromatic heterocycles. The van der Waals surface area contributed by atoms with Crippen LogP contribution in [0.15, 0.2) is 24.3 Å². The zero-order valence-corrected chi connectivity index (χ0v) is 14.7. The molecule has 132 valence electrons. The molecule has 3 aliphatic carbocycles. The van der Waals surface area contributed by atoms with Gasteiger partial charge in [-0.25, -0.2) is 0 Å². The minimum absolute atomic E-state index is 0.0519. The van der Waals surface area contributed by atoms with Crippen LogP contribution in [0, 0.1) is 11.8 Å². The molecular weight excluding hydrogens is 314 g/mol. The molecule has 3 unspecified atom stereocenters. The van der Waals surface area contributed by atoms with E-state index in [1.54, 1.807) is 7.11 Å². The van der Waals surface area contributed by atoms with Crippen molar-refractivity contribution in [2.75, 3.05) is 20.3 Å². The number of nitrogens with one attached hydrogen (secondary N) is 1. The van der Waals surface area contributed by atoms with Gasteiger partial charge in [0.25, 0.3) is 0 Å².